The first kappa shape index (κ1) is 15.0. The standard InChI is InChI=1S/C7H6BBrF3O.K/c9-6-3-1-2-4-7(6)13-5-8(10,11)12;/h1-4H,5H2;/q-1;+1. The van der Waals surface area contributed by atoms with Gasteiger partial charge < -0.3 is 17.7 Å². The maximum Gasteiger partial charge on any atom is 1.00 e. The Morgan fingerprint density at radius 1 is 1.21 bits per heavy atom. The van der Waals surface area contributed by atoms with Crippen molar-refractivity contribution in [3.05, 3.63) is 28.7 Å². The van der Waals surface area contributed by atoms with Crippen LogP contribution >= 0.6 is 15.9 Å². The summed E-state index contributed by atoms with van der Waals surface area (Å²) in [6.07, 6.45) is 0. The van der Waals surface area contributed by atoms with E-state index in [2.05, 4.69) is 20.7 Å². The predicted molar refractivity (Wildman–Crippen MR) is 48.7 cm³/mol. The van der Waals surface area contributed by atoms with Gasteiger partial charge in [-0.15, -0.1) is 0 Å². The average Bonchev–Trinajstić information content (AvgIpc) is 2.01. The SMILES string of the molecule is F[B-](F)(F)COc1ccccc1Br.[K+]. The van der Waals surface area contributed by atoms with E-state index in [9.17, 15) is 12.9 Å². The quantitative estimate of drug-likeness (QED) is 0.724. The van der Waals surface area contributed by atoms with Crippen LogP contribution < -0.4 is 56.1 Å². The molecular formula is C7H6BBrF3KO. The van der Waals surface area contributed by atoms with Crippen molar-refractivity contribution in [1.82, 2.24) is 0 Å². The summed E-state index contributed by atoms with van der Waals surface area (Å²) in [5, 5.41) is 0. The Balaban J connectivity index is 0.00000169. The van der Waals surface area contributed by atoms with Crippen LogP contribution in [-0.2, 0) is 0 Å². The summed E-state index contributed by atoms with van der Waals surface area (Å²) >= 11 is 3.08. The van der Waals surface area contributed by atoms with Gasteiger partial charge in [0.15, 0.2) is 0 Å². The van der Waals surface area contributed by atoms with Crippen LogP contribution in [0.4, 0.5) is 12.9 Å². The Hall–Kier alpha value is 0.991. The molecule has 0 aliphatic carbocycles. The first-order valence-corrected chi connectivity index (χ1v) is 4.37. The first-order valence-electron chi connectivity index (χ1n) is 3.57. The fraction of sp³-hybridized carbons (Fsp3) is 0.143. The van der Waals surface area contributed by atoms with E-state index in [1.807, 2.05) is 0 Å². The second-order valence-electron chi connectivity index (χ2n) is 2.45. The number of halogens is 4. The van der Waals surface area contributed by atoms with Gasteiger partial charge in [0.1, 0.15) is 5.75 Å². The van der Waals surface area contributed by atoms with E-state index in [1.54, 1.807) is 18.2 Å². The van der Waals surface area contributed by atoms with Crippen LogP contribution in [0.1, 0.15) is 0 Å². The topological polar surface area (TPSA) is 9.23 Å². The van der Waals surface area contributed by atoms with Crippen molar-refractivity contribution in [2.45, 2.75) is 0 Å². The third-order valence-electron chi connectivity index (χ3n) is 1.26. The summed E-state index contributed by atoms with van der Waals surface area (Å²) < 4.78 is 40.5. The molecule has 1 rings (SSSR count). The van der Waals surface area contributed by atoms with Crippen LogP contribution in [0.3, 0.4) is 0 Å². The van der Waals surface area contributed by atoms with Crippen LogP contribution in [0, 0.1) is 0 Å². The van der Waals surface area contributed by atoms with Crippen molar-refractivity contribution in [3.8, 4) is 5.75 Å². The van der Waals surface area contributed by atoms with Gasteiger partial charge in [-0.2, -0.15) is 0 Å². The number of rotatable bonds is 3. The Kier molecular flexibility index (Phi) is 7.01. The molecule has 1 aromatic carbocycles. The number of hydrogen-bond acceptors (Lipinski definition) is 1. The second kappa shape index (κ2) is 6.55. The van der Waals surface area contributed by atoms with E-state index in [1.165, 1.54) is 6.07 Å². The molecule has 0 aliphatic rings. The van der Waals surface area contributed by atoms with Crippen molar-refractivity contribution >= 4 is 22.9 Å². The molecule has 0 heterocycles. The number of para-hydroxylation sites is 1. The van der Waals surface area contributed by atoms with Gasteiger partial charge in [-0.3, -0.25) is 0 Å². The predicted octanol–water partition coefficient (Wildman–Crippen LogP) is 0.218. The molecule has 0 N–H and O–H groups in total. The molecule has 7 heteroatoms. The third-order valence-corrected chi connectivity index (χ3v) is 1.92. The fourth-order valence-corrected chi connectivity index (χ4v) is 1.15. The maximum atomic E-state index is 11.8. The fourth-order valence-electron chi connectivity index (χ4n) is 0.746. The summed E-state index contributed by atoms with van der Waals surface area (Å²) in [6.45, 7) is -6.09. The van der Waals surface area contributed by atoms with E-state index in [0.29, 0.717) is 4.47 Å². The summed E-state index contributed by atoms with van der Waals surface area (Å²) in [5.41, 5.74) is 0. The average molecular weight is 293 g/mol. The van der Waals surface area contributed by atoms with E-state index in [-0.39, 0.29) is 57.1 Å². The van der Waals surface area contributed by atoms with Crippen molar-refractivity contribution in [1.29, 1.82) is 0 Å². The molecule has 0 unspecified atom stereocenters. The van der Waals surface area contributed by atoms with Gasteiger partial charge in [-0.05, 0) is 28.1 Å². The smallest absolute Gasteiger partial charge is 0.521 e. The maximum absolute atomic E-state index is 11.8. The van der Waals surface area contributed by atoms with Gasteiger partial charge in [-0.25, -0.2) is 0 Å². The molecular weight excluding hydrogens is 287 g/mol. The van der Waals surface area contributed by atoms with Crippen molar-refractivity contribution in [2.24, 2.45) is 0 Å². The van der Waals surface area contributed by atoms with E-state index >= 15 is 0 Å². The molecule has 0 aliphatic heterocycles. The number of ether oxygens (including phenoxy) is 1. The molecule has 0 spiro atoms. The molecule has 0 saturated heterocycles. The van der Waals surface area contributed by atoms with Crippen LogP contribution in [0.2, 0.25) is 0 Å². The summed E-state index contributed by atoms with van der Waals surface area (Å²) in [5.74, 6) is 0.210. The van der Waals surface area contributed by atoms with Crippen LogP contribution in [0.15, 0.2) is 28.7 Å². The molecule has 72 valence electrons. The van der Waals surface area contributed by atoms with Gasteiger partial charge in [0.2, 0.25) is 0 Å². The largest absolute Gasteiger partial charge is 1.00 e. The van der Waals surface area contributed by atoms with Gasteiger partial charge in [-0.1, -0.05) is 12.1 Å². The minimum Gasteiger partial charge on any atom is -0.521 e. The van der Waals surface area contributed by atoms with Crippen LogP contribution in [-0.4, -0.2) is 13.5 Å². The van der Waals surface area contributed by atoms with Crippen molar-refractivity contribution < 1.29 is 69.1 Å². The number of benzene rings is 1. The Morgan fingerprint density at radius 3 is 2.29 bits per heavy atom. The number of hydrogen-bond donors (Lipinski definition) is 0. The van der Waals surface area contributed by atoms with E-state index in [0.717, 1.165) is 0 Å². The van der Waals surface area contributed by atoms with Crippen molar-refractivity contribution in [3.63, 3.8) is 0 Å². The monoisotopic (exact) mass is 292 g/mol. The molecule has 1 aromatic rings. The van der Waals surface area contributed by atoms with Crippen LogP contribution in [0.5, 0.6) is 5.75 Å². The normalized spacial score (nSPS) is 10.6. The second-order valence-corrected chi connectivity index (χ2v) is 3.31. The van der Waals surface area contributed by atoms with E-state index in [4.69, 9.17) is 0 Å². The van der Waals surface area contributed by atoms with E-state index < -0.39 is 13.5 Å². The summed E-state index contributed by atoms with van der Waals surface area (Å²) in [4.78, 5) is 0. The Bertz CT molecular complexity index is 295. The Labute approximate surface area is 131 Å². The molecule has 0 bridgehead atoms. The molecule has 0 saturated carbocycles. The van der Waals surface area contributed by atoms with Gasteiger partial charge >= 0.3 is 58.4 Å². The zero-order valence-corrected chi connectivity index (χ0v) is 12.2. The van der Waals surface area contributed by atoms with Crippen LogP contribution in [0.25, 0.3) is 0 Å². The van der Waals surface area contributed by atoms with Gasteiger partial charge in [0, 0.05) is 0 Å². The van der Waals surface area contributed by atoms with Gasteiger partial charge in [0.05, 0.1) is 11.0 Å². The molecule has 0 fully saturated rings. The van der Waals surface area contributed by atoms with Crippen molar-refractivity contribution in [2.75, 3.05) is 6.51 Å². The third kappa shape index (κ3) is 5.77. The molecule has 14 heavy (non-hydrogen) atoms. The minimum atomic E-state index is -4.89. The van der Waals surface area contributed by atoms with Gasteiger partial charge in [0.25, 0.3) is 0 Å². The minimum absolute atomic E-state index is 0. The zero-order chi connectivity index (χ0) is 9.90. The summed E-state index contributed by atoms with van der Waals surface area (Å²) in [6, 6.07) is 6.42. The Morgan fingerprint density at radius 2 is 1.79 bits per heavy atom. The molecule has 1 nitrogen and oxygen atoms in total. The summed E-state index contributed by atoms with van der Waals surface area (Å²) in [7, 11) is 0. The zero-order valence-electron chi connectivity index (χ0n) is 7.51. The molecule has 0 aromatic heterocycles. The molecule has 0 amide bonds. The molecule has 0 radical (unpaired) electrons. The molecule has 0 atom stereocenters. The first-order chi connectivity index (χ1) is 5.99.